The Morgan fingerprint density at radius 2 is 2.18 bits per heavy atom. The fourth-order valence-electron chi connectivity index (χ4n) is 2.65. The van der Waals surface area contributed by atoms with Gasteiger partial charge in [0.1, 0.15) is 6.04 Å². The van der Waals surface area contributed by atoms with E-state index in [4.69, 9.17) is 4.74 Å². The minimum absolute atomic E-state index is 0.0877. The van der Waals surface area contributed by atoms with Gasteiger partial charge in [0, 0.05) is 26.7 Å². The van der Waals surface area contributed by atoms with Gasteiger partial charge in [0.2, 0.25) is 5.91 Å². The predicted molar refractivity (Wildman–Crippen MR) is 83.4 cm³/mol. The predicted octanol–water partition coefficient (Wildman–Crippen LogP) is 1.29. The van der Waals surface area contributed by atoms with Crippen LogP contribution in [0.25, 0.3) is 0 Å². The Kier molecular flexibility index (Phi) is 5.77. The molecule has 1 aromatic rings. The molecule has 0 bridgehead atoms. The minimum Gasteiger partial charge on any atom is -0.375 e. The third-order valence-corrected chi connectivity index (χ3v) is 3.87. The summed E-state index contributed by atoms with van der Waals surface area (Å²) in [6.07, 6.45) is 0.398. The van der Waals surface area contributed by atoms with E-state index in [0.717, 1.165) is 5.56 Å². The quantitative estimate of drug-likeness (QED) is 0.861. The van der Waals surface area contributed by atoms with Crippen molar-refractivity contribution in [3.63, 3.8) is 0 Å². The maximum Gasteiger partial charge on any atom is 0.318 e. The van der Waals surface area contributed by atoms with E-state index in [9.17, 15) is 9.59 Å². The number of hydrogen-bond donors (Lipinski definition) is 2. The SMILES string of the molecule is CC[C@H]1C(=O)NCCN1C(=O)NC[C@@H](OC)c1ccccc1. The van der Waals surface area contributed by atoms with Gasteiger partial charge >= 0.3 is 6.03 Å². The molecule has 3 amide bonds. The number of piperazine rings is 1. The van der Waals surface area contributed by atoms with Gasteiger partial charge in [-0.15, -0.1) is 0 Å². The number of rotatable bonds is 5. The molecule has 22 heavy (non-hydrogen) atoms. The number of hydrogen-bond acceptors (Lipinski definition) is 3. The largest absolute Gasteiger partial charge is 0.375 e. The highest BCUT2D eigenvalue weighted by molar-refractivity contribution is 5.88. The van der Waals surface area contributed by atoms with Crippen LogP contribution in [0.5, 0.6) is 0 Å². The molecule has 0 radical (unpaired) electrons. The molecule has 0 spiro atoms. The standard InChI is InChI=1S/C16H23N3O3/c1-3-13-15(20)17-9-10-19(13)16(21)18-11-14(22-2)12-7-5-4-6-8-12/h4-8,13-14H,3,9-11H2,1-2H3,(H,17,20)(H,18,21)/t13-,14+/m0/s1. The molecular formula is C16H23N3O3. The van der Waals surface area contributed by atoms with E-state index in [2.05, 4.69) is 10.6 Å². The summed E-state index contributed by atoms with van der Waals surface area (Å²) in [5.41, 5.74) is 1.01. The van der Waals surface area contributed by atoms with Crippen LogP contribution in [0, 0.1) is 0 Å². The molecule has 6 heteroatoms. The highest BCUT2D eigenvalue weighted by Crippen LogP contribution is 2.15. The summed E-state index contributed by atoms with van der Waals surface area (Å²) in [4.78, 5) is 25.7. The maximum atomic E-state index is 12.3. The van der Waals surface area contributed by atoms with Crippen LogP contribution in [0.4, 0.5) is 4.79 Å². The molecule has 120 valence electrons. The monoisotopic (exact) mass is 305 g/mol. The van der Waals surface area contributed by atoms with Crippen molar-refractivity contribution in [2.45, 2.75) is 25.5 Å². The first-order chi connectivity index (χ1) is 10.7. The van der Waals surface area contributed by atoms with E-state index >= 15 is 0 Å². The fourth-order valence-corrected chi connectivity index (χ4v) is 2.65. The number of methoxy groups -OCH3 is 1. The topological polar surface area (TPSA) is 70.7 Å². The highest BCUT2D eigenvalue weighted by Gasteiger charge is 2.31. The Bertz CT molecular complexity index is 507. The lowest BCUT2D eigenvalue weighted by molar-refractivity contribution is -0.127. The van der Waals surface area contributed by atoms with E-state index in [0.29, 0.717) is 26.1 Å². The van der Waals surface area contributed by atoms with Crippen LogP contribution in [0.3, 0.4) is 0 Å². The van der Waals surface area contributed by atoms with Crippen LogP contribution in [0.15, 0.2) is 30.3 Å². The summed E-state index contributed by atoms with van der Waals surface area (Å²) in [6.45, 7) is 3.29. The summed E-state index contributed by atoms with van der Waals surface area (Å²) in [5, 5.41) is 5.65. The zero-order chi connectivity index (χ0) is 15.9. The average molecular weight is 305 g/mol. The number of nitrogens with zero attached hydrogens (tertiary/aromatic N) is 1. The van der Waals surface area contributed by atoms with Crippen LogP contribution in [-0.2, 0) is 9.53 Å². The number of urea groups is 1. The van der Waals surface area contributed by atoms with Gasteiger partial charge < -0.3 is 20.3 Å². The molecule has 6 nitrogen and oxygen atoms in total. The molecule has 2 N–H and O–H groups in total. The van der Waals surface area contributed by atoms with E-state index in [1.807, 2.05) is 37.3 Å². The molecule has 0 saturated carbocycles. The van der Waals surface area contributed by atoms with Crippen molar-refractivity contribution < 1.29 is 14.3 Å². The zero-order valence-electron chi connectivity index (χ0n) is 13.0. The Morgan fingerprint density at radius 1 is 1.45 bits per heavy atom. The van der Waals surface area contributed by atoms with Crippen LogP contribution in [-0.4, -0.2) is 49.6 Å². The van der Waals surface area contributed by atoms with Crippen molar-refractivity contribution in [3.05, 3.63) is 35.9 Å². The van der Waals surface area contributed by atoms with Crippen LogP contribution >= 0.6 is 0 Å². The summed E-state index contributed by atoms with van der Waals surface area (Å²) >= 11 is 0. The van der Waals surface area contributed by atoms with Gasteiger partial charge in [-0.1, -0.05) is 37.3 Å². The zero-order valence-corrected chi connectivity index (χ0v) is 13.0. The van der Waals surface area contributed by atoms with Gasteiger partial charge in [0.25, 0.3) is 0 Å². The van der Waals surface area contributed by atoms with E-state index in [-0.39, 0.29) is 18.0 Å². The number of amides is 3. The first-order valence-corrected chi connectivity index (χ1v) is 7.57. The molecule has 1 saturated heterocycles. The third-order valence-electron chi connectivity index (χ3n) is 3.87. The average Bonchev–Trinajstić information content (AvgIpc) is 2.56. The molecule has 1 aliphatic rings. The Hall–Kier alpha value is -2.08. The second kappa shape index (κ2) is 7.79. The molecule has 2 rings (SSSR count). The molecule has 0 unspecified atom stereocenters. The molecule has 0 aliphatic carbocycles. The summed E-state index contributed by atoms with van der Waals surface area (Å²) < 4.78 is 5.44. The molecule has 1 heterocycles. The first-order valence-electron chi connectivity index (χ1n) is 7.57. The minimum atomic E-state index is -0.397. The van der Waals surface area contributed by atoms with Gasteiger partial charge in [-0.3, -0.25) is 4.79 Å². The summed E-state index contributed by atoms with van der Waals surface area (Å²) in [6, 6.07) is 9.11. The van der Waals surface area contributed by atoms with E-state index < -0.39 is 6.04 Å². The molecule has 2 atom stereocenters. The van der Waals surface area contributed by atoms with Gasteiger partial charge in [0.15, 0.2) is 0 Å². The van der Waals surface area contributed by atoms with Crippen LogP contribution < -0.4 is 10.6 Å². The van der Waals surface area contributed by atoms with Gasteiger partial charge in [-0.2, -0.15) is 0 Å². The van der Waals surface area contributed by atoms with Crippen molar-refractivity contribution >= 4 is 11.9 Å². The smallest absolute Gasteiger partial charge is 0.318 e. The molecular weight excluding hydrogens is 282 g/mol. The van der Waals surface area contributed by atoms with Gasteiger partial charge in [0.05, 0.1) is 6.10 Å². The van der Waals surface area contributed by atoms with Crippen molar-refractivity contribution in [1.29, 1.82) is 0 Å². The third kappa shape index (κ3) is 3.76. The van der Waals surface area contributed by atoms with Crippen molar-refractivity contribution in [1.82, 2.24) is 15.5 Å². The number of benzene rings is 1. The number of carbonyl (C=O) groups excluding carboxylic acids is 2. The van der Waals surface area contributed by atoms with Crippen molar-refractivity contribution in [2.75, 3.05) is 26.7 Å². The van der Waals surface area contributed by atoms with Crippen LogP contribution in [0.2, 0.25) is 0 Å². The first kappa shape index (κ1) is 16.3. The lowest BCUT2D eigenvalue weighted by Gasteiger charge is -2.34. The Balaban J connectivity index is 1.95. The van der Waals surface area contributed by atoms with Crippen molar-refractivity contribution in [3.8, 4) is 0 Å². The fraction of sp³-hybridized carbons (Fsp3) is 0.500. The molecule has 1 aliphatic heterocycles. The molecule has 0 aromatic heterocycles. The maximum absolute atomic E-state index is 12.3. The summed E-state index contributed by atoms with van der Waals surface area (Å²) in [7, 11) is 1.62. The molecule has 1 fully saturated rings. The van der Waals surface area contributed by atoms with Crippen molar-refractivity contribution in [2.24, 2.45) is 0 Å². The Morgan fingerprint density at radius 3 is 2.82 bits per heavy atom. The lowest BCUT2D eigenvalue weighted by atomic mass is 10.1. The van der Waals surface area contributed by atoms with Gasteiger partial charge in [-0.25, -0.2) is 4.79 Å². The summed E-state index contributed by atoms with van der Waals surface area (Å²) in [5.74, 6) is -0.0877. The Labute approximate surface area is 130 Å². The van der Waals surface area contributed by atoms with E-state index in [1.165, 1.54) is 0 Å². The normalized spacial score (nSPS) is 19.5. The van der Waals surface area contributed by atoms with E-state index in [1.54, 1.807) is 12.0 Å². The number of ether oxygens (including phenoxy) is 1. The lowest BCUT2D eigenvalue weighted by Crippen LogP contribution is -2.59. The second-order valence-electron chi connectivity index (χ2n) is 5.23. The van der Waals surface area contributed by atoms with Crippen LogP contribution in [0.1, 0.15) is 25.0 Å². The highest BCUT2D eigenvalue weighted by atomic mass is 16.5. The number of nitrogens with one attached hydrogen (secondary N) is 2. The molecule has 1 aromatic carbocycles. The van der Waals surface area contributed by atoms with Gasteiger partial charge in [-0.05, 0) is 12.0 Å². The number of carbonyl (C=O) groups is 2. The second-order valence-corrected chi connectivity index (χ2v) is 5.23.